The highest BCUT2D eigenvalue weighted by molar-refractivity contribution is 7.13. The van der Waals surface area contributed by atoms with E-state index in [9.17, 15) is 0 Å². The molecule has 32 heavy (non-hydrogen) atoms. The molecule has 0 spiro atoms. The van der Waals surface area contributed by atoms with Gasteiger partial charge in [-0.15, -0.1) is 11.3 Å². The predicted molar refractivity (Wildman–Crippen MR) is 139 cm³/mol. The van der Waals surface area contributed by atoms with Crippen molar-refractivity contribution in [3.05, 3.63) is 63.3 Å². The van der Waals surface area contributed by atoms with Gasteiger partial charge in [-0.3, -0.25) is 0 Å². The third kappa shape index (κ3) is 7.30. The summed E-state index contributed by atoms with van der Waals surface area (Å²) < 4.78 is 12.0. The van der Waals surface area contributed by atoms with Crippen LogP contribution < -0.4 is 5.32 Å². The fourth-order valence-electron chi connectivity index (χ4n) is 3.91. The number of hydrogen-bond donors (Lipinski definition) is 1. The van der Waals surface area contributed by atoms with Gasteiger partial charge in [-0.1, -0.05) is 53.2 Å². The van der Waals surface area contributed by atoms with Gasteiger partial charge < -0.3 is 14.8 Å². The van der Waals surface area contributed by atoms with Gasteiger partial charge in [0.1, 0.15) is 11.9 Å². The second kappa shape index (κ2) is 12.9. The van der Waals surface area contributed by atoms with E-state index < -0.39 is 0 Å². The predicted octanol–water partition coefficient (Wildman–Crippen LogP) is 8.25. The average Bonchev–Trinajstić information content (AvgIpc) is 3.23. The average molecular weight is 458 g/mol. The fraction of sp³-hybridized carbons (Fsp3) is 0.571. The van der Waals surface area contributed by atoms with E-state index in [1.807, 2.05) is 11.3 Å². The number of rotatable bonds is 12. The van der Waals surface area contributed by atoms with Gasteiger partial charge in [-0.05, 0) is 67.9 Å². The van der Waals surface area contributed by atoms with Gasteiger partial charge in [-0.25, -0.2) is 0 Å². The molecule has 0 aromatic carbocycles. The Morgan fingerprint density at radius 2 is 1.88 bits per heavy atom. The molecular weight excluding hydrogens is 414 g/mol. The van der Waals surface area contributed by atoms with Crippen LogP contribution in [0, 0.1) is 17.8 Å². The first-order valence-electron chi connectivity index (χ1n) is 12.1. The summed E-state index contributed by atoms with van der Waals surface area (Å²) in [5.41, 5.74) is 2.60. The molecule has 0 saturated heterocycles. The molecule has 2 rings (SSSR count). The molecule has 1 aromatic rings. The molecule has 0 saturated carbocycles. The van der Waals surface area contributed by atoms with Crippen molar-refractivity contribution in [2.24, 2.45) is 17.8 Å². The van der Waals surface area contributed by atoms with E-state index in [0.717, 1.165) is 37.3 Å². The lowest BCUT2D eigenvalue weighted by atomic mass is 9.85. The highest BCUT2D eigenvalue weighted by atomic mass is 32.1. The van der Waals surface area contributed by atoms with E-state index in [-0.39, 0.29) is 6.10 Å². The van der Waals surface area contributed by atoms with Crippen LogP contribution >= 0.6 is 11.3 Å². The number of allylic oxidation sites excluding steroid dienone is 5. The second-order valence-electron chi connectivity index (χ2n) is 9.08. The molecule has 3 nitrogen and oxygen atoms in total. The van der Waals surface area contributed by atoms with Gasteiger partial charge in [0.25, 0.3) is 0 Å². The van der Waals surface area contributed by atoms with Crippen LogP contribution in [0.3, 0.4) is 0 Å². The lowest BCUT2D eigenvalue weighted by Gasteiger charge is -2.28. The molecular formula is C28H43NO2S. The Morgan fingerprint density at radius 3 is 2.47 bits per heavy atom. The summed E-state index contributed by atoms with van der Waals surface area (Å²) in [4.78, 5) is 2.54. The van der Waals surface area contributed by atoms with E-state index >= 15 is 0 Å². The van der Waals surface area contributed by atoms with Gasteiger partial charge in [-0.2, -0.15) is 0 Å². The van der Waals surface area contributed by atoms with E-state index in [1.165, 1.54) is 21.0 Å². The molecule has 4 heteroatoms. The van der Waals surface area contributed by atoms with Crippen LogP contribution in [0.5, 0.6) is 0 Å². The van der Waals surface area contributed by atoms with Crippen molar-refractivity contribution in [2.45, 2.75) is 73.8 Å². The number of ether oxygens (including phenoxy) is 2. The molecule has 0 fully saturated rings. The Morgan fingerprint density at radius 1 is 1.16 bits per heavy atom. The molecule has 3 atom stereocenters. The van der Waals surface area contributed by atoms with Gasteiger partial charge in [0.05, 0.1) is 17.7 Å². The Balaban J connectivity index is 2.14. The molecule has 0 bridgehead atoms. The zero-order valence-electron chi connectivity index (χ0n) is 21.3. The molecule has 1 aliphatic rings. The van der Waals surface area contributed by atoms with Crippen LogP contribution in [-0.4, -0.2) is 13.7 Å². The smallest absolute Gasteiger partial charge is 0.135 e. The normalized spacial score (nSPS) is 20.7. The van der Waals surface area contributed by atoms with Crippen molar-refractivity contribution in [1.82, 2.24) is 5.32 Å². The zero-order valence-corrected chi connectivity index (χ0v) is 22.1. The third-order valence-corrected chi connectivity index (χ3v) is 7.31. The highest BCUT2D eigenvalue weighted by Gasteiger charge is 2.24. The van der Waals surface area contributed by atoms with E-state index in [0.29, 0.717) is 17.8 Å². The van der Waals surface area contributed by atoms with Crippen molar-refractivity contribution in [3.63, 3.8) is 0 Å². The Bertz CT molecular complexity index is 843. The lowest BCUT2D eigenvalue weighted by molar-refractivity contribution is 0.0844. The third-order valence-electron chi connectivity index (χ3n) is 6.13. The lowest BCUT2D eigenvalue weighted by Crippen LogP contribution is -2.16. The number of thiophene rings is 1. The molecule has 0 radical (unpaired) electrons. The number of methoxy groups -OCH3 is 1. The molecule has 0 aliphatic heterocycles. The maximum absolute atomic E-state index is 6.57. The number of nitrogens with one attached hydrogen (secondary N) is 1. The fourth-order valence-corrected chi connectivity index (χ4v) is 5.14. The zero-order chi connectivity index (χ0) is 23.7. The van der Waals surface area contributed by atoms with Crippen molar-refractivity contribution in [2.75, 3.05) is 13.7 Å². The Labute approximate surface area is 200 Å². The van der Waals surface area contributed by atoms with Crippen molar-refractivity contribution >= 4 is 17.0 Å². The van der Waals surface area contributed by atoms with Crippen molar-refractivity contribution in [3.8, 4) is 0 Å². The topological polar surface area (TPSA) is 30.5 Å². The summed E-state index contributed by atoms with van der Waals surface area (Å²) >= 11 is 1.83. The maximum Gasteiger partial charge on any atom is 0.135 e. The summed E-state index contributed by atoms with van der Waals surface area (Å²) in [7, 11) is 1.75. The first-order valence-corrected chi connectivity index (χ1v) is 13.0. The maximum atomic E-state index is 6.57. The molecule has 0 amide bonds. The minimum Gasteiger partial charge on any atom is -0.501 e. The molecule has 1 N–H and O–H groups in total. The van der Waals surface area contributed by atoms with Crippen LogP contribution in [0.1, 0.15) is 83.6 Å². The summed E-state index contributed by atoms with van der Waals surface area (Å²) in [5, 5.41) is 3.63. The monoisotopic (exact) mass is 457 g/mol. The standard InChI is InChI=1S/C28H43NO2S/c1-9-11-23(30-8)15-16-29-25(12-10-2)26-13-14-27(32-26)28(19(3)4)31-24-17-20(5)22(7)21(6)18-24/h11-14,17-20,22,28-29H,9-10,15-16H2,1-8H3/b23-11+,25-12+. The molecule has 3 unspecified atom stereocenters. The second-order valence-corrected chi connectivity index (χ2v) is 10.2. The van der Waals surface area contributed by atoms with Crippen LogP contribution in [0.2, 0.25) is 0 Å². The molecule has 1 aromatic heterocycles. The minimum absolute atomic E-state index is 0.0557. The summed E-state index contributed by atoms with van der Waals surface area (Å²) in [6.07, 6.45) is 11.9. The van der Waals surface area contributed by atoms with Crippen molar-refractivity contribution in [1.29, 1.82) is 0 Å². The minimum atomic E-state index is 0.0557. The van der Waals surface area contributed by atoms with Crippen LogP contribution in [0.4, 0.5) is 0 Å². The Kier molecular flexibility index (Phi) is 10.6. The first kappa shape index (κ1) is 26.3. The van der Waals surface area contributed by atoms with E-state index in [1.54, 1.807) is 7.11 Å². The summed E-state index contributed by atoms with van der Waals surface area (Å²) in [6, 6.07) is 4.47. The summed E-state index contributed by atoms with van der Waals surface area (Å²) in [5.74, 6) is 3.53. The SMILES string of the molecule is CC/C=C(\CCN/C(=C/CC)c1ccc(C(OC2=CC(C)C(C)C(C)=C2)C(C)C)s1)OC. The Hall–Kier alpha value is -1.94. The highest BCUT2D eigenvalue weighted by Crippen LogP contribution is 2.37. The van der Waals surface area contributed by atoms with Crippen LogP contribution in [0.25, 0.3) is 5.70 Å². The quantitative estimate of drug-likeness (QED) is 0.320. The molecule has 1 aliphatic carbocycles. The largest absolute Gasteiger partial charge is 0.501 e. The van der Waals surface area contributed by atoms with Crippen molar-refractivity contribution < 1.29 is 9.47 Å². The number of hydrogen-bond acceptors (Lipinski definition) is 4. The van der Waals surface area contributed by atoms with Gasteiger partial charge in [0.15, 0.2) is 0 Å². The summed E-state index contributed by atoms with van der Waals surface area (Å²) in [6.45, 7) is 16.4. The van der Waals surface area contributed by atoms with Crippen LogP contribution in [0.15, 0.2) is 53.5 Å². The van der Waals surface area contributed by atoms with E-state index in [2.05, 4.69) is 90.2 Å². The van der Waals surface area contributed by atoms with Gasteiger partial charge in [0, 0.05) is 23.5 Å². The van der Waals surface area contributed by atoms with Gasteiger partial charge >= 0.3 is 0 Å². The van der Waals surface area contributed by atoms with E-state index in [4.69, 9.17) is 9.47 Å². The molecule has 178 valence electrons. The molecule has 1 heterocycles. The van der Waals surface area contributed by atoms with Crippen LogP contribution in [-0.2, 0) is 9.47 Å². The first-order chi connectivity index (χ1) is 15.3. The van der Waals surface area contributed by atoms with Gasteiger partial charge in [0.2, 0.25) is 0 Å².